The van der Waals surface area contributed by atoms with E-state index in [0.29, 0.717) is 25.9 Å². The van der Waals surface area contributed by atoms with Crippen LogP contribution in [-0.2, 0) is 14.3 Å². The van der Waals surface area contributed by atoms with Crippen LogP contribution in [0.1, 0.15) is 42.4 Å². The number of benzene rings is 3. The number of nitrogens with zero attached hydrogens (tertiary/aromatic N) is 1. The van der Waals surface area contributed by atoms with Crippen molar-refractivity contribution >= 4 is 11.9 Å². The maximum Gasteiger partial charge on any atom is 0.329 e. The van der Waals surface area contributed by atoms with Crippen molar-refractivity contribution in [1.29, 1.82) is 0 Å². The standard InChI is InChI=1S/C31H33FN2O3/c1-3-22-34(30(35)29(25-13-6-4-7-14-25)26-15-8-5-9-16-26)28(31(36)37-2)23-33-21-11-10-12-24-17-19-27(32)20-18-24/h4-9,13-20,28-29,33H,3,11,21-23H2,1-2H3/t28-/m0/s1. The van der Waals surface area contributed by atoms with Gasteiger partial charge in [0.1, 0.15) is 11.9 Å². The Balaban J connectivity index is 1.75. The fourth-order valence-electron chi connectivity index (χ4n) is 4.14. The molecule has 0 aliphatic heterocycles. The molecular weight excluding hydrogens is 467 g/mol. The Labute approximate surface area is 218 Å². The van der Waals surface area contributed by atoms with Gasteiger partial charge in [-0.3, -0.25) is 4.79 Å². The number of esters is 1. The van der Waals surface area contributed by atoms with E-state index in [9.17, 15) is 14.0 Å². The quantitative estimate of drug-likeness (QED) is 0.234. The van der Waals surface area contributed by atoms with Crippen molar-refractivity contribution in [2.75, 3.05) is 26.7 Å². The zero-order valence-electron chi connectivity index (χ0n) is 21.3. The highest BCUT2D eigenvalue weighted by atomic mass is 19.1. The number of amides is 1. The second-order valence-electron chi connectivity index (χ2n) is 8.59. The maximum atomic E-state index is 14.1. The third-order valence-electron chi connectivity index (χ3n) is 5.95. The first-order valence-corrected chi connectivity index (χ1v) is 12.5. The van der Waals surface area contributed by atoms with Gasteiger partial charge >= 0.3 is 5.97 Å². The van der Waals surface area contributed by atoms with Crippen LogP contribution in [0.5, 0.6) is 0 Å². The molecule has 0 saturated carbocycles. The van der Waals surface area contributed by atoms with Crippen LogP contribution in [0, 0.1) is 17.7 Å². The second kappa shape index (κ2) is 14.6. The molecule has 37 heavy (non-hydrogen) atoms. The normalized spacial score (nSPS) is 11.4. The molecule has 0 unspecified atom stereocenters. The third kappa shape index (κ3) is 8.03. The lowest BCUT2D eigenvalue weighted by atomic mass is 9.89. The van der Waals surface area contributed by atoms with Crippen molar-refractivity contribution in [1.82, 2.24) is 10.2 Å². The number of nitrogens with one attached hydrogen (secondary N) is 1. The van der Waals surface area contributed by atoms with Gasteiger partial charge < -0.3 is 15.0 Å². The molecule has 0 aromatic heterocycles. The van der Waals surface area contributed by atoms with Crippen LogP contribution in [-0.4, -0.2) is 49.6 Å². The van der Waals surface area contributed by atoms with Crippen molar-refractivity contribution < 1.29 is 18.7 Å². The smallest absolute Gasteiger partial charge is 0.329 e. The molecule has 1 atom stereocenters. The van der Waals surface area contributed by atoms with E-state index < -0.39 is 17.9 Å². The molecule has 192 valence electrons. The van der Waals surface area contributed by atoms with Gasteiger partial charge in [0.25, 0.3) is 0 Å². The van der Waals surface area contributed by atoms with Crippen molar-refractivity contribution in [3.05, 3.63) is 107 Å². The molecular formula is C31H33FN2O3. The molecule has 1 amide bonds. The molecule has 0 heterocycles. The summed E-state index contributed by atoms with van der Waals surface area (Å²) in [4.78, 5) is 28.5. The van der Waals surface area contributed by atoms with Crippen LogP contribution < -0.4 is 5.32 Å². The predicted octanol–water partition coefficient (Wildman–Crippen LogP) is 4.77. The van der Waals surface area contributed by atoms with E-state index in [1.54, 1.807) is 17.0 Å². The summed E-state index contributed by atoms with van der Waals surface area (Å²) in [5.74, 6) is 4.59. The van der Waals surface area contributed by atoms with E-state index in [1.165, 1.54) is 19.2 Å². The summed E-state index contributed by atoms with van der Waals surface area (Å²) in [6.07, 6.45) is 1.22. The number of hydrogen-bond donors (Lipinski definition) is 1. The highest BCUT2D eigenvalue weighted by molar-refractivity contribution is 5.91. The third-order valence-corrected chi connectivity index (χ3v) is 5.95. The Morgan fingerprint density at radius 2 is 1.54 bits per heavy atom. The van der Waals surface area contributed by atoms with Gasteiger partial charge in [-0.15, -0.1) is 0 Å². The molecule has 0 fully saturated rings. The Bertz CT molecular complexity index is 1150. The van der Waals surface area contributed by atoms with Gasteiger partial charge in [0, 0.05) is 31.6 Å². The lowest BCUT2D eigenvalue weighted by molar-refractivity contribution is -0.153. The van der Waals surface area contributed by atoms with Crippen LogP contribution in [0.2, 0.25) is 0 Å². The first-order valence-electron chi connectivity index (χ1n) is 12.5. The number of methoxy groups -OCH3 is 1. The Kier molecular flexibility index (Phi) is 10.9. The van der Waals surface area contributed by atoms with Crippen LogP contribution in [0.15, 0.2) is 84.9 Å². The van der Waals surface area contributed by atoms with Gasteiger partial charge in [0.2, 0.25) is 5.91 Å². The fraction of sp³-hybridized carbons (Fsp3) is 0.290. The van der Waals surface area contributed by atoms with Gasteiger partial charge in [-0.2, -0.15) is 0 Å². The molecule has 0 spiro atoms. The number of carbonyl (C=O) groups is 2. The van der Waals surface area contributed by atoms with Crippen LogP contribution >= 0.6 is 0 Å². The van der Waals surface area contributed by atoms with Crippen molar-refractivity contribution in [2.45, 2.75) is 31.7 Å². The largest absolute Gasteiger partial charge is 0.467 e. The molecule has 0 radical (unpaired) electrons. The second-order valence-corrected chi connectivity index (χ2v) is 8.59. The fourth-order valence-corrected chi connectivity index (χ4v) is 4.14. The zero-order valence-corrected chi connectivity index (χ0v) is 21.3. The first-order chi connectivity index (χ1) is 18.0. The molecule has 5 nitrogen and oxygen atoms in total. The summed E-state index contributed by atoms with van der Waals surface area (Å²) in [5.41, 5.74) is 2.47. The van der Waals surface area contributed by atoms with Crippen molar-refractivity contribution in [3.8, 4) is 11.8 Å². The molecule has 3 aromatic rings. The number of hydrogen-bond acceptors (Lipinski definition) is 4. The molecule has 3 aromatic carbocycles. The van der Waals surface area contributed by atoms with Crippen LogP contribution in [0.4, 0.5) is 4.39 Å². The van der Waals surface area contributed by atoms with Gasteiger partial charge in [-0.1, -0.05) is 79.4 Å². The molecule has 0 aliphatic rings. The summed E-state index contributed by atoms with van der Waals surface area (Å²) in [6, 6.07) is 24.5. The summed E-state index contributed by atoms with van der Waals surface area (Å²) in [5, 5.41) is 3.25. The van der Waals surface area contributed by atoms with Crippen molar-refractivity contribution in [3.63, 3.8) is 0 Å². The SMILES string of the molecule is CCCN(C(=O)C(c1ccccc1)c1ccccc1)[C@@H](CNCCC#Cc1ccc(F)cc1)C(=O)OC. The first kappa shape index (κ1) is 27.6. The van der Waals surface area contributed by atoms with Crippen molar-refractivity contribution in [2.24, 2.45) is 0 Å². The van der Waals surface area contributed by atoms with E-state index in [4.69, 9.17) is 4.74 Å². The van der Waals surface area contributed by atoms with Gasteiger partial charge in [0.05, 0.1) is 13.0 Å². The highest BCUT2D eigenvalue weighted by Gasteiger charge is 2.35. The van der Waals surface area contributed by atoms with E-state index in [2.05, 4.69) is 17.2 Å². The molecule has 3 rings (SSSR count). The minimum atomic E-state index is -0.780. The van der Waals surface area contributed by atoms with Crippen LogP contribution in [0.3, 0.4) is 0 Å². The minimum Gasteiger partial charge on any atom is -0.467 e. The predicted molar refractivity (Wildman–Crippen MR) is 143 cm³/mol. The van der Waals surface area contributed by atoms with Gasteiger partial charge in [-0.25, -0.2) is 9.18 Å². The Morgan fingerprint density at radius 3 is 2.08 bits per heavy atom. The number of ether oxygens (including phenoxy) is 1. The monoisotopic (exact) mass is 500 g/mol. The summed E-state index contributed by atoms with van der Waals surface area (Å²) in [6.45, 7) is 3.16. The van der Waals surface area contributed by atoms with Gasteiger partial charge in [-0.05, 0) is 41.8 Å². The summed E-state index contributed by atoms with van der Waals surface area (Å²) < 4.78 is 18.1. The molecule has 1 N–H and O–H groups in total. The lowest BCUT2D eigenvalue weighted by Crippen LogP contribution is -2.52. The number of halogens is 1. The van der Waals surface area contributed by atoms with E-state index in [0.717, 1.165) is 16.7 Å². The van der Waals surface area contributed by atoms with E-state index in [-0.39, 0.29) is 18.3 Å². The molecule has 6 heteroatoms. The Hall–Kier alpha value is -3.95. The van der Waals surface area contributed by atoms with Gasteiger partial charge in [0.15, 0.2) is 0 Å². The molecule has 0 aliphatic carbocycles. The Morgan fingerprint density at radius 1 is 0.946 bits per heavy atom. The zero-order chi connectivity index (χ0) is 26.5. The van der Waals surface area contributed by atoms with Crippen LogP contribution in [0.25, 0.3) is 0 Å². The molecule has 0 bridgehead atoms. The average molecular weight is 501 g/mol. The van der Waals surface area contributed by atoms with E-state index in [1.807, 2.05) is 67.6 Å². The maximum absolute atomic E-state index is 14.1. The summed E-state index contributed by atoms with van der Waals surface area (Å²) >= 11 is 0. The lowest BCUT2D eigenvalue weighted by Gasteiger charge is -2.33. The molecule has 0 saturated heterocycles. The van der Waals surface area contributed by atoms with E-state index >= 15 is 0 Å². The number of rotatable bonds is 11. The average Bonchev–Trinajstić information content (AvgIpc) is 2.93. The summed E-state index contributed by atoms with van der Waals surface area (Å²) in [7, 11) is 1.34. The highest BCUT2D eigenvalue weighted by Crippen LogP contribution is 2.28. The topological polar surface area (TPSA) is 58.6 Å². The number of carbonyl (C=O) groups excluding carboxylic acids is 2. The minimum absolute atomic E-state index is 0.146.